The van der Waals surface area contributed by atoms with Gasteiger partial charge >= 0.3 is 6.36 Å². The van der Waals surface area contributed by atoms with Crippen molar-refractivity contribution >= 4 is 22.9 Å². The Balaban J connectivity index is 1.61. The van der Waals surface area contributed by atoms with Crippen LogP contribution in [0.1, 0.15) is 5.56 Å². The zero-order valence-corrected chi connectivity index (χ0v) is 16.4. The molecule has 1 aromatic heterocycles. The number of pyridine rings is 1. The van der Waals surface area contributed by atoms with E-state index in [0.717, 1.165) is 0 Å². The second-order valence-electron chi connectivity index (χ2n) is 7.76. The molecule has 2 aliphatic heterocycles. The number of hydrogen-bond acceptors (Lipinski definition) is 8. The van der Waals surface area contributed by atoms with Crippen LogP contribution in [0, 0.1) is 11.3 Å². The molecule has 2 saturated heterocycles. The van der Waals surface area contributed by atoms with Crippen LogP contribution in [0.3, 0.4) is 0 Å². The van der Waals surface area contributed by atoms with E-state index in [0.29, 0.717) is 41.6 Å². The number of ether oxygens (including phenoxy) is 1. The monoisotopic (exact) mass is 437 g/mol. The lowest BCUT2D eigenvalue weighted by molar-refractivity contribution is -0.274. The molecule has 0 atom stereocenters. The standard InChI is InChI=1S/C20H22F3N5O3/c21-20(22,23)31-14-3-1-13(2-4-14)27-18-16(17(24)12-7-25-8-12)15(5-6-26-18)28-9-19(30,10-28)11-29/h1-6,12,24-25,29-30H,7-11H2,(H,26,27). The molecule has 2 aliphatic rings. The Kier molecular flexibility index (Phi) is 5.50. The average Bonchev–Trinajstić information content (AvgIpc) is 2.64. The Morgan fingerprint density at radius 1 is 1.26 bits per heavy atom. The molecule has 8 nitrogen and oxygen atoms in total. The smallest absolute Gasteiger partial charge is 0.406 e. The number of anilines is 3. The third-order valence-corrected chi connectivity index (χ3v) is 5.34. The highest BCUT2D eigenvalue weighted by molar-refractivity contribution is 6.09. The minimum Gasteiger partial charge on any atom is -0.406 e. The molecule has 0 aliphatic carbocycles. The lowest BCUT2D eigenvalue weighted by Gasteiger charge is -2.47. The van der Waals surface area contributed by atoms with Gasteiger partial charge in [-0.05, 0) is 30.3 Å². The number of nitrogens with zero attached hydrogens (tertiary/aromatic N) is 2. The highest BCUT2D eigenvalue weighted by Crippen LogP contribution is 2.36. The number of rotatable bonds is 7. The molecule has 0 radical (unpaired) electrons. The van der Waals surface area contributed by atoms with E-state index < -0.39 is 12.0 Å². The van der Waals surface area contributed by atoms with Gasteiger partial charge in [0, 0.05) is 30.9 Å². The number of aliphatic hydroxyl groups is 2. The third kappa shape index (κ3) is 4.58. The lowest BCUT2D eigenvalue weighted by Crippen LogP contribution is -2.64. The molecule has 3 heterocycles. The molecule has 0 bridgehead atoms. The van der Waals surface area contributed by atoms with Gasteiger partial charge in [0.1, 0.15) is 17.2 Å². The predicted octanol–water partition coefficient (Wildman–Crippen LogP) is 1.85. The van der Waals surface area contributed by atoms with Gasteiger partial charge in [0.2, 0.25) is 0 Å². The molecule has 166 valence electrons. The van der Waals surface area contributed by atoms with Gasteiger partial charge in [0.05, 0.1) is 36.7 Å². The largest absolute Gasteiger partial charge is 0.573 e. The van der Waals surface area contributed by atoms with E-state index in [1.54, 1.807) is 12.3 Å². The van der Waals surface area contributed by atoms with E-state index in [2.05, 4.69) is 20.4 Å². The van der Waals surface area contributed by atoms with Crippen molar-refractivity contribution < 1.29 is 28.1 Å². The van der Waals surface area contributed by atoms with Crippen LogP contribution in [0.15, 0.2) is 36.5 Å². The van der Waals surface area contributed by atoms with Crippen LogP contribution in [-0.2, 0) is 0 Å². The number of hydrogen-bond donors (Lipinski definition) is 5. The van der Waals surface area contributed by atoms with Gasteiger partial charge in [-0.3, -0.25) is 0 Å². The average molecular weight is 437 g/mol. The number of nitrogens with one attached hydrogen (secondary N) is 3. The molecule has 0 unspecified atom stereocenters. The second-order valence-corrected chi connectivity index (χ2v) is 7.76. The van der Waals surface area contributed by atoms with Crippen LogP contribution in [0.25, 0.3) is 0 Å². The number of halogens is 3. The van der Waals surface area contributed by atoms with Crippen LogP contribution >= 0.6 is 0 Å². The zero-order chi connectivity index (χ0) is 22.2. The van der Waals surface area contributed by atoms with Gasteiger partial charge in [-0.1, -0.05) is 0 Å². The summed E-state index contributed by atoms with van der Waals surface area (Å²) in [5, 5.41) is 34.4. The Hall–Kier alpha value is -2.89. The zero-order valence-electron chi connectivity index (χ0n) is 16.4. The van der Waals surface area contributed by atoms with E-state index >= 15 is 0 Å². The molecule has 5 N–H and O–H groups in total. The summed E-state index contributed by atoms with van der Waals surface area (Å²) in [5.41, 5.74) is 0.938. The van der Waals surface area contributed by atoms with Crippen molar-refractivity contribution in [3.8, 4) is 5.75 Å². The van der Waals surface area contributed by atoms with Crippen LogP contribution in [0.4, 0.5) is 30.4 Å². The minimum absolute atomic E-state index is 0.00376. The summed E-state index contributed by atoms with van der Waals surface area (Å²) in [5.74, 6) is 0.0551. The molecule has 1 aromatic carbocycles. The Bertz CT molecular complexity index is 958. The number of aliphatic hydroxyl groups excluding tert-OH is 1. The number of β-amino-alcohol motifs (C(OH)–C–C–N with tert-alkyl or cyclic N) is 1. The Morgan fingerprint density at radius 2 is 1.94 bits per heavy atom. The van der Waals surface area contributed by atoms with Gasteiger partial charge < -0.3 is 35.9 Å². The molecule has 0 saturated carbocycles. The number of alkyl halides is 3. The topological polar surface area (TPSA) is 114 Å². The molecule has 2 aromatic rings. The van der Waals surface area contributed by atoms with Crippen LogP contribution in [0.5, 0.6) is 5.75 Å². The SMILES string of the molecule is N=C(c1c(N2CC(O)(CO)C2)ccnc1Nc1ccc(OC(F)(F)F)cc1)C1CNC1. The number of aromatic nitrogens is 1. The van der Waals surface area contributed by atoms with Crippen molar-refractivity contribution in [2.45, 2.75) is 12.0 Å². The summed E-state index contributed by atoms with van der Waals surface area (Å²) in [6, 6.07) is 7.00. The van der Waals surface area contributed by atoms with Crippen molar-refractivity contribution in [2.75, 3.05) is 43.0 Å². The molecular formula is C20H22F3N5O3. The Labute approximate surface area is 176 Å². The maximum atomic E-state index is 12.4. The first-order valence-electron chi connectivity index (χ1n) is 9.67. The van der Waals surface area contributed by atoms with E-state index in [9.17, 15) is 23.4 Å². The maximum Gasteiger partial charge on any atom is 0.573 e. The van der Waals surface area contributed by atoms with Crippen LogP contribution in [0.2, 0.25) is 0 Å². The van der Waals surface area contributed by atoms with E-state index in [1.165, 1.54) is 24.3 Å². The first-order chi connectivity index (χ1) is 14.7. The van der Waals surface area contributed by atoms with Gasteiger partial charge in [-0.25, -0.2) is 4.98 Å². The van der Waals surface area contributed by atoms with Gasteiger partial charge in [0.15, 0.2) is 0 Å². The van der Waals surface area contributed by atoms with Gasteiger partial charge in [-0.15, -0.1) is 13.2 Å². The first kappa shape index (κ1) is 21.3. The Morgan fingerprint density at radius 3 is 2.48 bits per heavy atom. The summed E-state index contributed by atoms with van der Waals surface area (Å²) in [6.07, 6.45) is -3.21. The van der Waals surface area contributed by atoms with E-state index in [1.807, 2.05) is 4.90 Å². The summed E-state index contributed by atoms with van der Waals surface area (Å²) < 4.78 is 41.0. The van der Waals surface area contributed by atoms with E-state index in [4.69, 9.17) is 5.41 Å². The molecule has 11 heteroatoms. The molecule has 0 spiro atoms. The van der Waals surface area contributed by atoms with Crippen molar-refractivity contribution in [1.29, 1.82) is 5.41 Å². The molecule has 2 fully saturated rings. The highest BCUT2D eigenvalue weighted by Gasteiger charge is 2.42. The molecule has 0 amide bonds. The molecule has 31 heavy (non-hydrogen) atoms. The summed E-state index contributed by atoms with van der Waals surface area (Å²) in [4.78, 5) is 6.21. The third-order valence-electron chi connectivity index (χ3n) is 5.34. The summed E-state index contributed by atoms with van der Waals surface area (Å²) >= 11 is 0. The van der Waals surface area contributed by atoms with Crippen molar-refractivity contribution in [3.05, 3.63) is 42.1 Å². The predicted molar refractivity (Wildman–Crippen MR) is 108 cm³/mol. The fourth-order valence-corrected chi connectivity index (χ4v) is 3.58. The van der Waals surface area contributed by atoms with Gasteiger partial charge in [0.25, 0.3) is 0 Å². The van der Waals surface area contributed by atoms with E-state index in [-0.39, 0.29) is 31.4 Å². The maximum absolute atomic E-state index is 12.4. The second kappa shape index (κ2) is 7.98. The lowest BCUT2D eigenvalue weighted by atomic mass is 9.88. The van der Waals surface area contributed by atoms with Crippen molar-refractivity contribution in [2.24, 2.45) is 5.92 Å². The summed E-state index contributed by atoms with van der Waals surface area (Å²) in [7, 11) is 0. The number of benzene rings is 1. The van der Waals surface area contributed by atoms with Crippen LogP contribution < -0.4 is 20.3 Å². The fraction of sp³-hybridized carbons (Fsp3) is 0.400. The normalized spacial score (nSPS) is 18.2. The van der Waals surface area contributed by atoms with Crippen molar-refractivity contribution in [1.82, 2.24) is 10.3 Å². The van der Waals surface area contributed by atoms with Crippen molar-refractivity contribution in [3.63, 3.8) is 0 Å². The van der Waals surface area contributed by atoms with Crippen LogP contribution in [-0.4, -0.2) is 65.7 Å². The fourth-order valence-electron chi connectivity index (χ4n) is 3.58. The highest BCUT2D eigenvalue weighted by atomic mass is 19.4. The quantitative estimate of drug-likeness (QED) is 0.420. The molecule has 4 rings (SSSR count). The van der Waals surface area contributed by atoms with Gasteiger partial charge in [-0.2, -0.15) is 0 Å². The summed E-state index contributed by atoms with van der Waals surface area (Å²) in [6.45, 7) is 1.41. The minimum atomic E-state index is -4.77. The molecular weight excluding hydrogens is 415 g/mol. The first-order valence-corrected chi connectivity index (χ1v) is 9.67.